The molecule has 0 saturated carbocycles. The summed E-state index contributed by atoms with van der Waals surface area (Å²) in [5.74, 6) is 3.04. The molecule has 3 heterocycles. The van der Waals surface area contributed by atoms with Gasteiger partial charge in [-0.25, -0.2) is 4.98 Å². The molecule has 0 amide bonds. The van der Waals surface area contributed by atoms with Crippen molar-refractivity contribution in [1.82, 2.24) is 19.6 Å². The molecule has 1 aliphatic rings. The van der Waals surface area contributed by atoms with Gasteiger partial charge in [0.2, 0.25) is 5.65 Å². The van der Waals surface area contributed by atoms with Gasteiger partial charge in [0.15, 0.2) is 5.82 Å². The first-order valence-electron chi connectivity index (χ1n) is 7.00. The van der Waals surface area contributed by atoms with Gasteiger partial charge in [0.05, 0.1) is 0 Å². The number of aromatic nitrogens is 4. The highest BCUT2D eigenvalue weighted by molar-refractivity contribution is 5.65. The number of fused-ring (bicyclic) bond motifs is 1. The summed E-state index contributed by atoms with van der Waals surface area (Å²) in [6, 6.07) is 0.551. The number of hydrogen-bond donors (Lipinski definition) is 0. The van der Waals surface area contributed by atoms with Gasteiger partial charge in [0, 0.05) is 25.0 Å². The van der Waals surface area contributed by atoms with E-state index in [2.05, 4.69) is 47.8 Å². The summed E-state index contributed by atoms with van der Waals surface area (Å²) < 4.78 is 1.93. The number of hydrogen-bond acceptors (Lipinski definition) is 4. The van der Waals surface area contributed by atoms with Crippen molar-refractivity contribution in [2.24, 2.45) is 17.8 Å². The second-order valence-corrected chi connectivity index (χ2v) is 6.11. The van der Waals surface area contributed by atoms with E-state index in [9.17, 15) is 0 Å². The van der Waals surface area contributed by atoms with Crippen LogP contribution in [0.15, 0.2) is 18.7 Å². The minimum atomic E-state index is 0.551. The maximum atomic E-state index is 4.53. The Labute approximate surface area is 113 Å². The van der Waals surface area contributed by atoms with Gasteiger partial charge in [0.1, 0.15) is 6.33 Å². The minimum Gasteiger partial charge on any atom is -0.349 e. The van der Waals surface area contributed by atoms with Gasteiger partial charge in [-0.2, -0.15) is 0 Å². The highest BCUT2D eigenvalue weighted by atomic mass is 15.3. The van der Waals surface area contributed by atoms with Crippen LogP contribution in [0.3, 0.4) is 0 Å². The summed E-state index contributed by atoms with van der Waals surface area (Å²) in [4.78, 5) is 6.92. The van der Waals surface area contributed by atoms with E-state index in [-0.39, 0.29) is 0 Å². The predicted molar refractivity (Wildman–Crippen MR) is 75.1 cm³/mol. The molecule has 0 bridgehead atoms. The van der Waals surface area contributed by atoms with Gasteiger partial charge in [-0.15, -0.1) is 10.2 Å². The summed E-state index contributed by atoms with van der Waals surface area (Å²) >= 11 is 0. The summed E-state index contributed by atoms with van der Waals surface area (Å²) in [7, 11) is 0. The lowest BCUT2D eigenvalue weighted by molar-refractivity contribution is 0.176. The fraction of sp³-hybridized carbons (Fsp3) is 0.643. The topological polar surface area (TPSA) is 46.3 Å². The SMILES string of the molecule is CC(C)[C@H]1CN(c2nccn3cnnc23)[C@@H]1C(C)C. The zero-order valence-corrected chi connectivity index (χ0v) is 12.0. The zero-order chi connectivity index (χ0) is 13.6. The highest BCUT2D eigenvalue weighted by Gasteiger charge is 2.43. The van der Waals surface area contributed by atoms with Crippen molar-refractivity contribution >= 4 is 11.5 Å². The average Bonchev–Trinajstić information content (AvgIpc) is 2.74. The molecule has 0 radical (unpaired) electrons. The maximum Gasteiger partial charge on any atom is 0.203 e. The molecule has 2 aromatic heterocycles. The Morgan fingerprint density at radius 3 is 2.68 bits per heavy atom. The van der Waals surface area contributed by atoms with Crippen molar-refractivity contribution in [1.29, 1.82) is 0 Å². The van der Waals surface area contributed by atoms with Gasteiger partial charge in [-0.05, 0) is 17.8 Å². The fourth-order valence-electron chi connectivity index (χ4n) is 3.18. The highest BCUT2D eigenvalue weighted by Crippen LogP contribution is 2.39. The van der Waals surface area contributed by atoms with Gasteiger partial charge >= 0.3 is 0 Å². The summed E-state index contributed by atoms with van der Waals surface area (Å²) in [5.41, 5.74) is 0.857. The molecule has 19 heavy (non-hydrogen) atoms. The van der Waals surface area contributed by atoms with Crippen molar-refractivity contribution in [2.75, 3.05) is 11.4 Å². The smallest absolute Gasteiger partial charge is 0.203 e. The quantitative estimate of drug-likeness (QED) is 0.848. The maximum absolute atomic E-state index is 4.53. The molecule has 5 nitrogen and oxygen atoms in total. The molecule has 3 rings (SSSR count). The number of nitrogens with zero attached hydrogens (tertiary/aromatic N) is 5. The Kier molecular flexibility index (Phi) is 2.92. The van der Waals surface area contributed by atoms with E-state index in [1.54, 1.807) is 6.33 Å². The predicted octanol–water partition coefficient (Wildman–Crippen LogP) is 2.24. The van der Waals surface area contributed by atoms with Crippen molar-refractivity contribution in [3.05, 3.63) is 18.7 Å². The summed E-state index contributed by atoms with van der Waals surface area (Å²) in [5, 5.41) is 8.17. The van der Waals surface area contributed by atoms with E-state index in [0.717, 1.165) is 23.9 Å². The first-order chi connectivity index (χ1) is 9.09. The molecule has 0 aromatic carbocycles. The van der Waals surface area contributed by atoms with Crippen molar-refractivity contribution in [3.63, 3.8) is 0 Å². The van der Waals surface area contributed by atoms with E-state index in [0.29, 0.717) is 17.9 Å². The number of anilines is 1. The lowest BCUT2D eigenvalue weighted by Gasteiger charge is -2.53. The molecule has 102 valence electrons. The largest absolute Gasteiger partial charge is 0.349 e. The molecular formula is C14H21N5. The molecule has 0 spiro atoms. The molecule has 2 aromatic rings. The van der Waals surface area contributed by atoms with Crippen LogP contribution in [-0.2, 0) is 0 Å². The lowest BCUT2D eigenvalue weighted by Crippen LogP contribution is -2.61. The summed E-state index contributed by atoms with van der Waals surface area (Å²) in [6.45, 7) is 10.3. The Hall–Kier alpha value is -1.65. The third-order valence-electron chi connectivity index (χ3n) is 4.21. The van der Waals surface area contributed by atoms with Crippen molar-refractivity contribution in [2.45, 2.75) is 33.7 Å². The Morgan fingerprint density at radius 1 is 1.21 bits per heavy atom. The third-order valence-corrected chi connectivity index (χ3v) is 4.21. The fourth-order valence-corrected chi connectivity index (χ4v) is 3.18. The van der Waals surface area contributed by atoms with E-state index in [1.807, 2.05) is 16.8 Å². The normalized spacial score (nSPS) is 23.4. The molecule has 0 aliphatic carbocycles. The molecule has 0 N–H and O–H groups in total. The van der Waals surface area contributed by atoms with E-state index >= 15 is 0 Å². The molecule has 0 unspecified atom stereocenters. The first-order valence-corrected chi connectivity index (χ1v) is 7.00. The molecule has 1 fully saturated rings. The molecule has 1 aliphatic heterocycles. The van der Waals surface area contributed by atoms with Gasteiger partial charge in [-0.1, -0.05) is 27.7 Å². The Morgan fingerprint density at radius 2 is 2.00 bits per heavy atom. The van der Waals surface area contributed by atoms with Gasteiger partial charge in [-0.3, -0.25) is 4.40 Å². The second kappa shape index (κ2) is 4.47. The van der Waals surface area contributed by atoms with E-state index in [4.69, 9.17) is 0 Å². The van der Waals surface area contributed by atoms with Crippen LogP contribution in [-0.4, -0.2) is 32.2 Å². The molecule has 1 saturated heterocycles. The van der Waals surface area contributed by atoms with Crippen molar-refractivity contribution < 1.29 is 0 Å². The van der Waals surface area contributed by atoms with Crippen LogP contribution in [0, 0.1) is 17.8 Å². The van der Waals surface area contributed by atoms with Crippen LogP contribution in [0.2, 0.25) is 0 Å². The minimum absolute atomic E-state index is 0.551. The first kappa shape index (κ1) is 12.4. The number of rotatable bonds is 3. The van der Waals surface area contributed by atoms with Crippen LogP contribution >= 0.6 is 0 Å². The van der Waals surface area contributed by atoms with E-state index in [1.165, 1.54) is 0 Å². The van der Waals surface area contributed by atoms with Crippen molar-refractivity contribution in [3.8, 4) is 0 Å². The van der Waals surface area contributed by atoms with Crippen LogP contribution in [0.5, 0.6) is 0 Å². The third kappa shape index (κ3) is 1.88. The Balaban J connectivity index is 1.96. The van der Waals surface area contributed by atoms with Crippen LogP contribution < -0.4 is 4.90 Å². The lowest BCUT2D eigenvalue weighted by atomic mass is 9.75. The van der Waals surface area contributed by atoms with Gasteiger partial charge in [0.25, 0.3) is 0 Å². The van der Waals surface area contributed by atoms with E-state index < -0.39 is 0 Å². The van der Waals surface area contributed by atoms with Gasteiger partial charge < -0.3 is 4.90 Å². The average molecular weight is 259 g/mol. The van der Waals surface area contributed by atoms with Crippen LogP contribution in [0.4, 0.5) is 5.82 Å². The Bertz CT molecular complexity index is 574. The second-order valence-electron chi connectivity index (χ2n) is 6.11. The molecular weight excluding hydrogens is 238 g/mol. The summed E-state index contributed by atoms with van der Waals surface area (Å²) in [6.07, 6.45) is 5.44. The van der Waals surface area contributed by atoms with Crippen LogP contribution in [0.1, 0.15) is 27.7 Å². The monoisotopic (exact) mass is 259 g/mol. The van der Waals surface area contributed by atoms with Crippen LogP contribution in [0.25, 0.3) is 5.65 Å². The molecule has 5 heteroatoms. The molecule has 2 atom stereocenters. The standard InChI is InChI=1S/C14H21N5/c1-9(2)11-7-19(12(11)10(3)4)13-14-17-16-8-18(14)6-5-15-13/h5-6,8-12H,7H2,1-4H3/t11-,12-/m1/s1. The zero-order valence-electron chi connectivity index (χ0n) is 12.0.